The van der Waals surface area contributed by atoms with Crippen LogP contribution in [0.4, 0.5) is 5.69 Å². The van der Waals surface area contributed by atoms with E-state index in [-0.39, 0.29) is 0 Å². The van der Waals surface area contributed by atoms with E-state index in [2.05, 4.69) is 29.2 Å². The van der Waals surface area contributed by atoms with Gasteiger partial charge >= 0.3 is 0 Å². The second-order valence-electron chi connectivity index (χ2n) is 3.84. The van der Waals surface area contributed by atoms with Crippen LogP contribution in [0.25, 0.3) is 0 Å². The molecule has 0 aliphatic carbocycles. The number of ether oxygens (including phenoxy) is 2. The number of hydrogen-bond acceptors (Lipinski definition) is 4. The molecule has 0 unspecified atom stereocenters. The van der Waals surface area contributed by atoms with Gasteiger partial charge in [-0.3, -0.25) is 0 Å². The Bertz CT molecular complexity index is 293. The zero-order chi connectivity index (χ0) is 12.5. The number of methoxy groups -OCH3 is 2. The molecule has 0 saturated carbocycles. The molecule has 0 bridgehead atoms. The van der Waals surface area contributed by atoms with Crippen molar-refractivity contribution >= 4 is 5.69 Å². The van der Waals surface area contributed by atoms with Gasteiger partial charge in [-0.2, -0.15) is 0 Å². The van der Waals surface area contributed by atoms with Gasteiger partial charge in [-0.25, -0.2) is 0 Å². The highest BCUT2D eigenvalue weighted by atomic mass is 16.5. The van der Waals surface area contributed by atoms with Gasteiger partial charge < -0.3 is 20.1 Å². The fourth-order valence-corrected chi connectivity index (χ4v) is 1.62. The van der Waals surface area contributed by atoms with Crippen LogP contribution >= 0.6 is 0 Å². The van der Waals surface area contributed by atoms with E-state index >= 15 is 0 Å². The van der Waals surface area contributed by atoms with Crippen molar-refractivity contribution in [1.29, 1.82) is 0 Å². The fourth-order valence-electron chi connectivity index (χ4n) is 1.62. The van der Waals surface area contributed by atoms with Crippen LogP contribution < -0.4 is 10.6 Å². The summed E-state index contributed by atoms with van der Waals surface area (Å²) in [5.41, 5.74) is 7.91. The van der Waals surface area contributed by atoms with Crippen LogP contribution in [0.5, 0.6) is 0 Å². The minimum absolute atomic E-state index is 0.580. The zero-order valence-electron chi connectivity index (χ0n) is 10.7. The third-order valence-electron chi connectivity index (χ3n) is 2.67. The van der Waals surface area contributed by atoms with E-state index in [1.54, 1.807) is 14.2 Å². The van der Waals surface area contributed by atoms with E-state index in [1.165, 1.54) is 5.69 Å². The van der Waals surface area contributed by atoms with Gasteiger partial charge in [0.25, 0.3) is 0 Å². The summed E-state index contributed by atoms with van der Waals surface area (Å²) in [6.45, 7) is 3.73. The lowest BCUT2D eigenvalue weighted by Crippen LogP contribution is -2.30. The molecule has 0 heterocycles. The summed E-state index contributed by atoms with van der Waals surface area (Å²) in [4.78, 5) is 2.24. The Morgan fingerprint density at radius 3 is 1.94 bits per heavy atom. The van der Waals surface area contributed by atoms with E-state index in [4.69, 9.17) is 15.2 Å². The number of nitrogens with two attached hydrogens (primary N) is 1. The zero-order valence-corrected chi connectivity index (χ0v) is 10.7. The number of rotatable bonds is 8. The predicted octanol–water partition coefficient (Wildman–Crippen LogP) is 1.24. The third-order valence-corrected chi connectivity index (χ3v) is 2.67. The lowest BCUT2D eigenvalue weighted by atomic mass is 10.2. The van der Waals surface area contributed by atoms with Crippen molar-refractivity contribution in [3.05, 3.63) is 29.8 Å². The quantitative estimate of drug-likeness (QED) is 0.740. The van der Waals surface area contributed by atoms with Gasteiger partial charge in [-0.05, 0) is 17.7 Å². The Morgan fingerprint density at radius 1 is 1.00 bits per heavy atom. The molecule has 1 rings (SSSR count). The van der Waals surface area contributed by atoms with Crippen molar-refractivity contribution in [3.8, 4) is 0 Å². The van der Waals surface area contributed by atoms with E-state index in [0.717, 1.165) is 18.7 Å². The van der Waals surface area contributed by atoms with Crippen molar-refractivity contribution in [3.63, 3.8) is 0 Å². The highest BCUT2D eigenvalue weighted by molar-refractivity contribution is 5.47. The molecule has 0 amide bonds. The molecule has 4 nitrogen and oxygen atoms in total. The maximum Gasteiger partial charge on any atom is 0.0637 e. The van der Waals surface area contributed by atoms with Gasteiger partial charge in [0, 0.05) is 39.5 Å². The maximum atomic E-state index is 5.58. The van der Waals surface area contributed by atoms with Crippen LogP contribution in [-0.4, -0.2) is 40.5 Å². The topological polar surface area (TPSA) is 47.7 Å². The van der Waals surface area contributed by atoms with Crippen LogP contribution in [0.2, 0.25) is 0 Å². The molecule has 0 aliphatic heterocycles. The van der Waals surface area contributed by atoms with Crippen molar-refractivity contribution in [2.75, 3.05) is 45.4 Å². The molecule has 0 aliphatic rings. The Hall–Kier alpha value is -1.10. The summed E-state index contributed by atoms with van der Waals surface area (Å²) in [6.07, 6.45) is 0. The average molecular weight is 238 g/mol. The van der Waals surface area contributed by atoms with Crippen LogP contribution in [-0.2, 0) is 16.0 Å². The molecule has 17 heavy (non-hydrogen) atoms. The third kappa shape index (κ3) is 4.73. The van der Waals surface area contributed by atoms with Crippen molar-refractivity contribution in [2.24, 2.45) is 5.73 Å². The first-order chi connectivity index (χ1) is 8.31. The molecule has 0 fully saturated rings. The van der Waals surface area contributed by atoms with Crippen molar-refractivity contribution in [2.45, 2.75) is 6.54 Å². The molecule has 2 N–H and O–H groups in total. The van der Waals surface area contributed by atoms with Crippen LogP contribution in [0.1, 0.15) is 5.56 Å². The van der Waals surface area contributed by atoms with Gasteiger partial charge in [0.2, 0.25) is 0 Å². The van der Waals surface area contributed by atoms with E-state index in [9.17, 15) is 0 Å². The second-order valence-corrected chi connectivity index (χ2v) is 3.84. The van der Waals surface area contributed by atoms with Gasteiger partial charge in [0.05, 0.1) is 13.2 Å². The number of anilines is 1. The molecule has 1 aromatic rings. The summed E-state index contributed by atoms with van der Waals surface area (Å²) < 4.78 is 10.2. The highest BCUT2D eigenvalue weighted by Crippen LogP contribution is 2.14. The lowest BCUT2D eigenvalue weighted by Gasteiger charge is -2.24. The molecular formula is C13H22N2O2. The normalized spacial score (nSPS) is 10.5. The Morgan fingerprint density at radius 2 is 1.53 bits per heavy atom. The van der Waals surface area contributed by atoms with Gasteiger partial charge in [-0.15, -0.1) is 0 Å². The molecule has 0 radical (unpaired) electrons. The lowest BCUT2D eigenvalue weighted by molar-refractivity contribution is 0.190. The van der Waals surface area contributed by atoms with Gasteiger partial charge in [0.1, 0.15) is 0 Å². The average Bonchev–Trinajstić information content (AvgIpc) is 2.39. The van der Waals surface area contributed by atoms with Crippen LogP contribution in [0, 0.1) is 0 Å². The minimum Gasteiger partial charge on any atom is -0.383 e. The summed E-state index contributed by atoms with van der Waals surface area (Å²) in [7, 11) is 3.43. The first-order valence-electron chi connectivity index (χ1n) is 5.83. The first-order valence-corrected chi connectivity index (χ1v) is 5.83. The molecule has 0 aromatic heterocycles. The summed E-state index contributed by atoms with van der Waals surface area (Å²) in [5, 5.41) is 0. The van der Waals surface area contributed by atoms with Crippen LogP contribution in [0.15, 0.2) is 24.3 Å². The maximum absolute atomic E-state index is 5.58. The minimum atomic E-state index is 0.580. The molecule has 4 heteroatoms. The molecule has 0 atom stereocenters. The SMILES string of the molecule is COCCN(CCOC)c1ccc(CN)cc1. The van der Waals surface area contributed by atoms with Gasteiger partial charge in [0.15, 0.2) is 0 Å². The Kier molecular flexibility index (Phi) is 6.62. The van der Waals surface area contributed by atoms with Crippen LogP contribution in [0.3, 0.4) is 0 Å². The van der Waals surface area contributed by atoms with E-state index in [0.29, 0.717) is 19.8 Å². The van der Waals surface area contributed by atoms with E-state index in [1.807, 2.05) is 0 Å². The molecule has 1 aromatic carbocycles. The van der Waals surface area contributed by atoms with E-state index < -0.39 is 0 Å². The summed E-state index contributed by atoms with van der Waals surface area (Å²) in [6, 6.07) is 8.30. The standard InChI is InChI=1S/C13H22N2O2/c1-16-9-7-15(8-10-17-2)13-5-3-12(11-14)4-6-13/h3-6H,7-11,14H2,1-2H3. The molecule has 96 valence electrons. The van der Waals surface area contributed by atoms with Crippen molar-refractivity contribution < 1.29 is 9.47 Å². The first kappa shape index (κ1) is 14.0. The summed E-state index contributed by atoms with van der Waals surface area (Å²) in [5.74, 6) is 0. The number of hydrogen-bond donors (Lipinski definition) is 1. The second kappa shape index (κ2) is 8.06. The molecule has 0 saturated heterocycles. The molecule has 0 spiro atoms. The highest BCUT2D eigenvalue weighted by Gasteiger charge is 2.05. The Balaban J connectivity index is 2.65. The van der Waals surface area contributed by atoms with Gasteiger partial charge in [-0.1, -0.05) is 12.1 Å². The monoisotopic (exact) mass is 238 g/mol. The largest absolute Gasteiger partial charge is 0.383 e. The predicted molar refractivity (Wildman–Crippen MR) is 70.3 cm³/mol. The number of nitrogens with zero attached hydrogens (tertiary/aromatic N) is 1. The smallest absolute Gasteiger partial charge is 0.0637 e. The Labute approximate surface area is 103 Å². The fraction of sp³-hybridized carbons (Fsp3) is 0.538. The van der Waals surface area contributed by atoms with Crippen molar-refractivity contribution in [1.82, 2.24) is 0 Å². The molecular weight excluding hydrogens is 216 g/mol. The summed E-state index contributed by atoms with van der Waals surface area (Å²) >= 11 is 0. The number of benzene rings is 1.